The second-order valence-corrected chi connectivity index (χ2v) is 4.40. The van der Waals surface area contributed by atoms with Gasteiger partial charge < -0.3 is 5.32 Å². The minimum atomic E-state index is 0.245. The van der Waals surface area contributed by atoms with E-state index in [0.717, 1.165) is 11.4 Å². The first-order valence-corrected chi connectivity index (χ1v) is 6.10. The summed E-state index contributed by atoms with van der Waals surface area (Å²) in [6, 6.07) is 16.6. The molecule has 0 aliphatic carbocycles. The third kappa shape index (κ3) is 2.59. The predicted octanol–water partition coefficient (Wildman–Crippen LogP) is 4.50. The normalized spacial score (nSPS) is 11.9. The number of rotatable bonds is 4. The number of para-hydroxylation sites is 2. The summed E-state index contributed by atoms with van der Waals surface area (Å²) >= 11 is 0. The van der Waals surface area contributed by atoms with Crippen LogP contribution < -0.4 is 5.32 Å². The Hall–Kier alpha value is -2.09. The molecule has 0 bridgehead atoms. The van der Waals surface area contributed by atoms with E-state index in [9.17, 15) is 0 Å². The van der Waals surface area contributed by atoms with Crippen molar-refractivity contribution in [1.82, 2.24) is 0 Å². The van der Waals surface area contributed by atoms with Crippen LogP contribution >= 0.6 is 0 Å². The topological polar surface area (TPSA) is 24.4 Å². The number of nitrogens with zero attached hydrogens (tertiary/aromatic N) is 1. The SMILES string of the molecule is C=Nc1ccccc1NC(C)c1ccccc1C. The highest BCUT2D eigenvalue weighted by Gasteiger charge is 2.09. The van der Waals surface area contributed by atoms with Crippen LogP contribution in [0.1, 0.15) is 24.1 Å². The Labute approximate surface area is 108 Å². The van der Waals surface area contributed by atoms with Gasteiger partial charge in [-0.15, -0.1) is 0 Å². The summed E-state index contributed by atoms with van der Waals surface area (Å²) < 4.78 is 0. The molecule has 0 aromatic heterocycles. The van der Waals surface area contributed by atoms with Gasteiger partial charge in [-0.05, 0) is 43.8 Å². The molecule has 0 saturated carbocycles. The summed E-state index contributed by atoms with van der Waals surface area (Å²) in [6.45, 7) is 7.88. The Morgan fingerprint density at radius 2 is 1.72 bits per heavy atom. The zero-order valence-corrected chi connectivity index (χ0v) is 10.9. The molecule has 1 atom stereocenters. The van der Waals surface area contributed by atoms with E-state index in [4.69, 9.17) is 0 Å². The summed E-state index contributed by atoms with van der Waals surface area (Å²) in [4.78, 5) is 4.03. The molecule has 0 amide bonds. The summed E-state index contributed by atoms with van der Waals surface area (Å²) in [7, 11) is 0. The second-order valence-electron chi connectivity index (χ2n) is 4.40. The van der Waals surface area contributed by atoms with Crippen LogP contribution in [0.2, 0.25) is 0 Å². The molecule has 0 heterocycles. The molecule has 0 spiro atoms. The van der Waals surface area contributed by atoms with E-state index in [1.165, 1.54) is 11.1 Å². The van der Waals surface area contributed by atoms with E-state index >= 15 is 0 Å². The van der Waals surface area contributed by atoms with Gasteiger partial charge in [0, 0.05) is 6.04 Å². The average Bonchev–Trinajstić information content (AvgIpc) is 2.39. The quantitative estimate of drug-likeness (QED) is 0.779. The van der Waals surface area contributed by atoms with Crippen LogP contribution in [-0.2, 0) is 0 Å². The largest absolute Gasteiger partial charge is 0.377 e. The predicted molar refractivity (Wildman–Crippen MR) is 78.9 cm³/mol. The van der Waals surface area contributed by atoms with Crippen molar-refractivity contribution >= 4 is 18.1 Å². The van der Waals surface area contributed by atoms with Crippen LogP contribution in [-0.4, -0.2) is 6.72 Å². The molecule has 0 aliphatic rings. The standard InChI is InChI=1S/C16H18N2/c1-12-8-4-5-9-14(12)13(2)18-16-11-7-6-10-15(16)17-3/h4-11,13,18H,3H2,1-2H3. The van der Waals surface area contributed by atoms with Crippen molar-refractivity contribution in [2.24, 2.45) is 4.99 Å². The van der Waals surface area contributed by atoms with Gasteiger partial charge >= 0.3 is 0 Å². The summed E-state index contributed by atoms with van der Waals surface area (Å²) in [5.74, 6) is 0. The van der Waals surface area contributed by atoms with Crippen molar-refractivity contribution in [3.63, 3.8) is 0 Å². The van der Waals surface area contributed by atoms with Gasteiger partial charge in [-0.25, -0.2) is 0 Å². The highest BCUT2D eigenvalue weighted by molar-refractivity contribution is 5.68. The minimum absolute atomic E-state index is 0.245. The Balaban J connectivity index is 2.24. The van der Waals surface area contributed by atoms with Gasteiger partial charge in [-0.1, -0.05) is 36.4 Å². The smallest absolute Gasteiger partial charge is 0.0853 e. The molecule has 2 heteroatoms. The van der Waals surface area contributed by atoms with E-state index < -0.39 is 0 Å². The Morgan fingerprint density at radius 1 is 1.06 bits per heavy atom. The lowest BCUT2D eigenvalue weighted by Gasteiger charge is -2.18. The Kier molecular flexibility index (Phi) is 3.78. The maximum absolute atomic E-state index is 4.03. The molecule has 1 N–H and O–H groups in total. The van der Waals surface area contributed by atoms with Gasteiger partial charge in [0.05, 0.1) is 11.4 Å². The van der Waals surface area contributed by atoms with E-state index in [1.54, 1.807) is 0 Å². The fourth-order valence-corrected chi connectivity index (χ4v) is 2.12. The van der Waals surface area contributed by atoms with Crippen molar-refractivity contribution in [3.05, 3.63) is 59.7 Å². The molecule has 2 aromatic rings. The molecule has 18 heavy (non-hydrogen) atoms. The van der Waals surface area contributed by atoms with Crippen LogP contribution in [0.3, 0.4) is 0 Å². The number of anilines is 1. The van der Waals surface area contributed by atoms with Crippen molar-refractivity contribution in [2.75, 3.05) is 5.32 Å². The molecule has 92 valence electrons. The highest BCUT2D eigenvalue weighted by atomic mass is 14.9. The zero-order valence-electron chi connectivity index (χ0n) is 10.9. The number of hydrogen-bond acceptors (Lipinski definition) is 2. The molecule has 0 aliphatic heterocycles. The van der Waals surface area contributed by atoms with Crippen molar-refractivity contribution in [2.45, 2.75) is 19.9 Å². The zero-order chi connectivity index (χ0) is 13.0. The van der Waals surface area contributed by atoms with Gasteiger partial charge in [0.1, 0.15) is 0 Å². The third-order valence-electron chi connectivity index (χ3n) is 3.10. The van der Waals surface area contributed by atoms with Crippen LogP contribution in [0.15, 0.2) is 53.5 Å². The van der Waals surface area contributed by atoms with E-state index in [-0.39, 0.29) is 6.04 Å². The molecule has 1 unspecified atom stereocenters. The Morgan fingerprint density at radius 3 is 2.44 bits per heavy atom. The average molecular weight is 238 g/mol. The number of aryl methyl sites for hydroxylation is 1. The molecule has 0 fully saturated rings. The maximum Gasteiger partial charge on any atom is 0.0853 e. The summed E-state index contributed by atoms with van der Waals surface area (Å²) in [6.07, 6.45) is 0. The van der Waals surface area contributed by atoms with Gasteiger partial charge in [0.25, 0.3) is 0 Å². The van der Waals surface area contributed by atoms with E-state index in [1.807, 2.05) is 24.3 Å². The third-order valence-corrected chi connectivity index (χ3v) is 3.10. The fourth-order valence-electron chi connectivity index (χ4n) is 2.12. The number of nitrogens with one attached hydrogen (secondary N) is 1. The van der Waals surface area contributed by atoms with Gasteiger partial charge in [-0.3, -0.25) is 4.99 Å². The van der Waals surface area contributed by atoms with Crippen molar-refractivity contribution < 1.29 is 0 Å². The molecule has 0 saturated heterocycles. The lowest BCUT2D eigenvalue weighted by Crippen LogP contribution is -2.08. The van der Waals surface area contributed by atoms with E-state index in [2.05, 4.69) is 55.1 Å². The summed E-state index contributed by atoms with van der Waals surface area (Å²) in [5, 5.41) is 3.48. The van der Waals surface area contributed by atoms with Gasteiger partial charge in [0.2, 0.25) is 0 Å². The van der Waals surface area contributed by atoms with Crippen molar-refractivity contribution in [3.8, 4) is 0 Å². The lowest BCUT2D eigenvalue weighted by atomic mass is 10.0. The fraction of sp³-hybridized carbons (Fsp3) is 0.188. The molecular formula is C16H18N2. The highest BCUT2D eigenvalue weighted by Crippen LogP contribution is 2.28. The minimum Gasteiger partial charge on any atom is -0.377 e. The van der Waals surface area contributed by atoms with Gasteiger partial charge in [0.15, 0.2) is 0 Å². The molecule has 2 rings (SSSR count). The van der Waals surface area contributed by atoms with E-state index in [0.29, 0.717) is 0 Å². The first-order chi connectivity index (χ1) is 8.72. The maximum atomic E-state index is 4.03. The second kappa shape index (κ2) is 5.50. The van der Waals surface area contributed by atoms with Crippen LogP contribution in [0.4, 0.5) is 11.4 Å². The van der Waals surface area contributed by atoms with Crippen LogP contribution in [0, 0.1) is 6.92 Å². The van der Waals surface area contributed by atoms with Gasteiger partial charge in [-0.2, -0.15) is 0 Å². The van der Waals surface area contributed by atoms with Crippen LogP contribution in [0.25, 0.3) is 0 Å². The lowest BCUT2D eigenvalue weighted by molar-refractivity contribution is 0.874. The first kappa shape index (κ1) is 12.4. The van der Waals surface area contributed by atoms with Crippen LogP contribution in [0.5, 0.6) is 0 Å². The Bertz CT molecular complexity index is 546. The summed E-state index contributed by atoms with van der Waals surface area (Å²) in [5.41, 5.74) is 4.50. The number of benzene rings is 2. The molecule has 0 radical (unpaired) electrons. The number of hydrogen-bond donors (Lipinski definition) is 1. The number of aliphatic imine (C=N–C) groups is 1. The molecular weight excluding hydrogens is 220 g/mol. The molecule has 2 aromatic carbocycles. The van der Waals surface area contributed by atoms with Crippen molar-refractivity contribution in [1.29, 1.82) is 0 Å². The monoisotopic (exact) mass is 238 g/mol. The molecule has 2 nitrogen and oxygen atoms in total. The first-order valence-electron chi connectivity index (χ1n) is 6.10.